The summed E-state index contributed by atoms with van der Waals surface area (Å²) in [7, 11) is 1.94. The van der Waals surface area contributed by atoms with Crippen molar-refractivity contribution in [3.8, 4) is 11.5 Å². The molecule has 7 nitrogen and oxygen atoms in total. The van der Waals surface area contributed by atoms with Crippen molar-refractivity contribution in [3.63, 3.8) is 0 Å². The van der Waals surface area contributed by atoms with Gasteiger partial charge < -0.3 is 19.9 Å². The van der Waals surface area contributed by atoms with E-state index in [0.717, 1.165) is 22.3 Å². The van der Waals surface area contributed by atoms with Crippen LogP contribution in [0.3, 0.4) is 0 Å². The molecular weight excluding hydrogens is 425 g/mol. The van der Waals surface area contributed by atoms with Gasteiger partial charge in [0.2, 0.25) is 5.91 Å². The van der Waals surface area contributed by atoms with Crippen LogP contribution in [-0.2, 0) is 18.3 Å². The van der Waals surface area contributed by atoms with E-state index in [-0.39, 0.29) is 12.3 Å². The SMILES string of the molecule is Cn1ccc2ncnc(Nc3ccc(Oc4ccc(Cl)c5c4CC(=O)N5)c(Cl)c3)c21. The first-order valence-corrected chi connectivity index (χ1v) is 9.87. The monoisotopic (exact) mass is 439 g/mol. The summed E-state index contributed by atoms with van der Waals surface area (Å²) in [5, 5.41) is 6.92. The fourth-order valence-corrected chi connectivity index (χ4v) is 3.92. The Hall–Kier alpha value is -3.29. The van der Waals surface area contributed by atoms with Gasteiger partial charge in [0.05, 0.1) is 27.7 Å². The van der Waals surface area contributed by atoms with Crippen LogP contribution < -0.4 is 15.4 Å². The fraction of sp³-hybridized carbons (Fsp3) is 0.0952. The second-order valence-corrected chi connectivity index (χ2v) is 7.69. The zero-order valence-corrected chi connectivity index (χ0v) is 17.3. The van der Waals surface area contributed by atoms with Gasteiger partial charge in [-0.15, -0.1) is 0 Å². The first kappa shape index (κ1) is 18.7. The highest BCUT2D eigenvalue weighted by Gasteiger charge is 2.25. The van der Waals surface area contributed by atoms with E-state index in [4.69, 9.17) is 27.9 Å². The standard InChI is InChI=1S/C21H15Cl2N5O2/c1-28-7-6-15-20(28)21(25-10-24-15)26-11-2-4-17(14(23)8-11)30-16-5-3-13(22)19-12(16)9-18(29)27-19/h2-8,10H,9H2,1H3,(H,27,29)(H,24,25,26). The van der Waals surface area contributed by atoms with Gasteiger partial charge in [0.25, 0.3) is 0 Å². The largest absolute Gasteiger partial charge is 0.455 e. The zero-order chi connectivity index (χ0) is 20.8. The van der Waals surface area contributed by atoms with Crippen molar-refractivity contribution < 1.29 is 9.53 Å². The number of nitrogens with one attached hydrogen (secondary N) is 2. The molecule has 9 heteroatoms. The number of benzene rings is 2. The quantitative estimate of drug-likeness (QED) is 0.450. The van der Waals surface area contributed by atoms with Crippen LogP contribution in [0, 0.1) is 0 Å². The van der Waals surface area contributed by atoms with E-state index in [1.165, 1.54) is 6.33 Å². The Kier molecular flexibility index (Phi) is 4.49. The predicted molar refractivity (Wildman–Crippen MR) is 117 cm³/mol. The summed E-state index contributed by atoms with van der Waals surface area (Å²) < 4.78 is 7.95. The number of aromatic nitrogens is 3. The number of carbonyl (C=O) groups excluding carboxylic acids is 1. The summed E-state index contributed by atoms with van der Waals surface area (Å²) in [5.41, 5.74) is 3.80. The second-order valence-electron chi connectivity index (χ2n) is 6.88. The number of nitrogens with zero attached hydrogens (tertiary/aromatic N) is 3. The highest BCUT2D eigenvalue weighted by atomic mass is 35.5. The fourth-order valence-electron chi connectivity index (χ4n) is 3.48. The first-order valence-electron chi connectivity index (χ1n) is 9.11. The number of aryl methyl sites for hydroxylation is 1. The smallest absolute Gasteiger partial charge is 0.229 e. The average Bonchev–Trinajstić information content (AvgIpc) is 3.30. The van der Waals surface area contributed by atoms with Gasteiger partial charge in [-0.3, -0.25) is 4.79 Å². The summed E-state index contributed by atoms with van der Waals surface area (Å²) in [4.78, 5) is 20.4. The van der Waals surface area contributed by atoms with Gasteiger partial charge in [-0.1, -0.05) is 23.2 Å². The Morgan fingerprint density at radius 3 is 2.77 bits per heavy atom. The third-order valence-electron chi connectivity index (χ3n) is 4.89. The minimum absolute atomic E-state index is 0.120. The van der Waals surface area contributed by atoms with Crippen LogP contribution in [-0.4, -0.2) is 20.4 Å². The maximum atomic E-state index is 11.8. The summed E-state index contributed by atoms with van der Waals surface area (Å²) in [6.45, 7) is 0. The van der Waals surface area contributed by atoms with Crippen molar-refractivity contribution in [2.24, 2.45) is 7.05 Å². The molecule has 0 fully saturated rings. The van der Waals surface area contributed by atoms with E-state index < -0.39 is 0 Å². The van der Waals surface area contributed by atoms with Crippen LogP contribution in [0.25, 0.3) is 11.0 Å². The molecule has 150 valence electrons. The van der Waals surface area contributed by atoms with Crippen LogP contribution in [0.5, 0.6) is 11.5 Å². The number of anilines is 3. The van der Waals surface area contributed by atoms with Crippen molar-refractivity contribution in [1.82, 2.24) is 14.5 Å². The van der Waals surface area contributed by atoms with Gasteiger partial charge in [-0.25, -0.2) is 9.97 Å². The number of hydrogen-bond donors (Lipinski definition) is 2. The molecule has 2 N–H and O–H groups in total. The highest BCUT2D eigenvalue weighted by molar-refractivity contribution is 6.34. The van der Waals surface area contributed by atoms with Crippen molar-refractivity contribution >= 4 is 57.3 Å². The van der Waals surface area contributed by atoms with Crippen LogP contribution >= 0.6 is 23.2 Å². The molecule has 0 radical (unpaired) electrons. The van der Waals surface area contributed by atoms with Crippen LogP contribution in [0.4, 0.5) is 17.2 Å². The topological polar surface area (TPSA) is 81.1 Å². The van der Waals surface area contributed by atoms with Crippen molar-refractivity contribution in [3.05, 3.63) is 64.5 Å². The van der Waals surface area contributed by atoms with Gasteiger partial charge in [0.1, 0.15) is 23.3 Å². The third-order valence-corrected chi connectivity index (χ3v) is 5.50. The number of amides is 1. The Bertz CT molecular complexity index is 1320. The molecule has 3 heterocycles. The Balaban J connectivity index is 1.43. The van der Waals surface area contributed by atoms with Crippen molar-refractivity contribution in [2.75, 3.05) is 10.6 Å². The molecule has 30 heavy (non-hydrogen) atoms. The van der Waals surface area contributed by atoms with Gasteiger partial charge in [-0.05, 0) is 36.4 Å². The molecule has 1 aliphatic rings. The zero-order valence-electron chi connectivity index (χ0n) is 15.7. The van der Waals surface area contributed by atoms with Crippen LogP contribution in [0.1, 0.15) is 5.56 Å². The maximum absolute atomic E-state index is 11.8. The molecule has 4 aromatic rings. The third kappa shape index (κ3) is 3.22. The molecule has 1 aliphatic heterocycles. The normalized spacial score (nSPS) is 12.7. The summed E-state index contributed by atoms with van der Waals surface area (Å²) in [5.74, 6) is 1.57. The summed E-state index contributed by atoms with van der Waals surface area (Å²) in [6, 6.07) is 10.7. The molecule has 0 saturated heterocycles. The lowest BCUT2D eigenvalue weighted by Gasteiger charge is -2.13. The number of rotatable bonds is 4. The number of hydrogen-bond acceptors (Lipinski definition) is 5. The van der Waals surface area contributed by atoms with Gasteiger partial charge in [-0.2, -0.15) is 0 Å². The van der Waals surface area contributed by atoms with E-state index in [0.29, 0.717) is 33.0 Å². The lowest BCUT2D eigenvalue weighted by molar-refractivity contribution is -0.115. The van der Waals surface area contributed by atoms with Gasteiger partial charge in [0, 0.05) is 24.5 Å². The summed E-state index contributed by atoms with van der Waals surface area (Å²) >= 11 is 12.6. The minimum Gasteiger partial charge on any atom is -0.455 e. The maximum Gasteiger partial charge on any atom is 0.229 e. The lowest BCUT2D eigenvalue weighted by Crippen LogP contribution is -2.03. The molecule has 0 unspecified atom stereocenters. The molecule has 0 bridgehead atoms. The van der Waals surface area contributed by atoms with Gasteiger partial charge >= 0.3 is 0 Å². The molecule has 5 rings (SSSR count). The minimum atomic E-state index is -0.120. The molecule has 0 saturated carbocycles. The number of halogens is 2. The Labute approximate surface area is 181 Å². The number of carbonyl (C=O) groups is 1. The average molecular weight is 440 g/mol. The van der Waals surface area contributed by atoms with Crippen molar-refractivity contribution in [2.45, 2.75) is 6.42 Å². The molecule has 0 spiro atoms. The lowest BCUT2D eigenvalue weighted by atomic mass is 10.1. The number of fused-ring (bicyclic) bond motifs is 2. The second kappa shape index (κ2) is 7.19. The molecule has 0 aliphatic carbocycles. The molecule has 2 aromatic carbocycles. The molecule has 2 aromatic heterocycles. The predicted octanol–water partition coefficient (Wildman–Crippen LogP) is 5.31. The molecule has 1 amide bonds. The van der Waals surface area contributed by atoms with E-state index in [9.17, 15) is 4.79 Å². The first-order chi connectivity index (χ1) is 14.5. The number of ether oxygens (including phenoxy) is 1. The molecular formula is C21H15Cl2N5O2. The van der Waals surface area contributed by atoms with Crippen LogP contribution in [0.15, 0.2) is 48.9 Å². The summed E-state index contributed by atoms with van der Waals surface area (Å²) in [6.07, 6.45) is 3.65. The van der Waals surface area contributed by atoms with Gasteiger partial charge in [0.15, 0.2) is 5.82 Å². The van der Waals surface area contributed by atoms with Crippen LogP contribution in [0.2, 0.25) is 10.0 Å². The van der Waals surface area contributed by atoms with E-state index in [1.54, 1.807) is 24.3 Å². The van der Waals surface area contributed by atoms with E-state index in [1.807, 2.05) is 29.9 Å². The molecule has 0 atom stereocenters. The van der Waals surface area contributed by atoms with Crippen molar-refractivity contribution in [1.29, 1.82) is 0 Å². The van der Waals surface area contributed by atoms with E-state index >= 15 is 0 Å². The Morgan fingerprint density at radius 1 is 1.10 bits per heavy atom. The Morgan fingerprint density at radius 2 is 1.93 bits per heavy atom. The highest BCUT2D eigenvalue weighted by Crippen LogP contribution is 2.41. The van der Waals surface area contributed by atoms with E-state index in [2.05, 4.69) is 20.6 Å².